The quantitative estimate of drug-likeness (QED) is 0.804. The lowest BCUT2D eigenvalue weighted by molar-refractivity contribution is -0.274. The maximum absolute atomic E-state index is 11.9. The van der Waals surface area contributed by atoms with Gasteiger partial charge in [-0.3, -0.25) is 0 Å². The van der Waals surface area contributed by atoms with Crippen molar-refractivity contribution in [1.29, 1.82) is 0 Å². The topological polar surface area (TPSA) is 35.2 Å². The third-order valence-corrected chi connectivity index (χ3v) is 1.58. The van der Waals surface area contributed by atoms with E-state index in [0.717, 1.165) is 0 Å². The van der Waals surface area contributed by atoms with Crippen LogP contribution < -0.4 is 10.5 Å². The Hall–Kier alpha value is -1.23. The van der Waals surface area contributed by atoms with Crippen LogP contribution in [0.1, 0.15) is 11.1 Å². The molecule has 0 saturated carbocycles. The molecule has 1 aromatic rings. The minimum Gasteiger partial charge on any atom is -0.406 e. The van der Waals surface area contributed by atoms with Crippen molar-refractivity contribution in [3.05, 3.63) is 29.3 Å². The van der Waals surface area contributed by atoms with Crippen molar-refractivity contribution in [2.45, 2.75) is 19.8 Å². The van der Waals surface area contributed by atoms with Crippen molar-refractivity contribution >= 4 is 0 Å². The van der Waals surface area contributed by atoms with Gasteiger partial charge < -0.3 is 10.5 Å². The molecule has 0 aliphatic rings. The Balaban J connectivity index is 2.92. The number of aryl methyl sites for hydroxylation is 1. The Bertz CT molecular complexity index is 322. The highest BCUT2D eigenvalue weighted by molar-refractivity contribution is 5.33. The van der Waals surface area contributed by atoms with E-state index in [1.807, 2.05) is 0 Å². The molecule has 0 saturated heterocycles. The maximum Gasteiger partial charge on any atom is 0.573 e. The Morgan fingerprint density at radius 1 is 1.29 bits per heavy atom. The molecule has 0 aliphatic heterocycles. The summed E-state index contributed by atoms with van der Waals surface area (Å²) in [6.07, 6.45) is -4.65. The fourth-order valence-corrected chi connectivity index (χ4v) is 1.13. The largest absolute Gasteiger partial charge is 0.573 e. The first kappa shape index (κ1) is 10.8. The lowest BCUT2D eigenvalue weighted by Crippen LogP contribution is -2.17. The summed E-state index contributed by atoms with van der Waals surface area (Å²) < 4.78 is 39.3. The molecular formula is C9H10F3NO. The second-order valence-electron chi connectivity index (χ2n) is 2.91. The zero-order valence-electron chi connectivity index (χ0n) is 7.56. The Morgan fingerprint density at radius 3 is 2.43 bits per heavy atom. The molecule has 2 nitrogen and oxygen atoms in total. The molecule has 0 atom stereocenters. The first-order valence-corrected chi connectivity index (χ1v) is 3.97. The SMILES string of the molecule is Cc1cc(CN)cc(OC(F)(F)F)c1. The molecule has 2 N–H and O–H groups in total. The Labute approximate surface area is 79.5 Å². The number of nitrogens with two attached hydrogens (primary N) is 1. The molecule has 0 fully saturated rings. The zero-order chi connectivity index (χ0) is 10.8. The maximum atomic E-state index is 11.9. The summed E-state index contributed by atoms with van der Waals surface area (Å²) in [5.41, 5.74) is 6.62. The molecule has 0 bridgehead atoms. The second kappa shape index (κ2) is 3.88. The number of ether oxygens (including phenoxy) is 1. The van der Waals surface area contributed by atoms with Crippen LogP contribution in [0.3, 0.4) is 0 Å². The molecule has 0 spiro atoms. The summed E-state index contributed by atoms with van der Waals surface area (Å²) in [5, 5.41) is 0. The van der Waals surface area contributed by atoms with Gasteiger partial charge in [0.1, 0.15) is 5.75 Å². The summed E-state index contributed by atoms with van der Waals surface area (Å²) in [4.78, 5) is 0. The van der Waals surface area contributed by atoms with E-state index >= 15 is 0 Å². The van der Waals surface area contributed by atoms with E-state index in [2.05, 4.69) is 4.74 Å². The third-order valence-electron chi connectivity index (χ3n) is 1.58. The van der Waals surface area contributed by atoms with Gasteiger partial charge in [-0.15, -0.1) is 13.2 Å². The first-order chi connectivity index (χ1) is 6.40. The molecule has 78 valence electrons. The molecule has 0 aliphatic carbocycles. The van der Waals surface area contributed by atoms with E-state index in [-0.39, 0.29) is 12.3 Å². The Morgan fingerprint density at radius 2 is 1.93 bits per heavy atom. The van der Waals surface area contributed by atoms with Crippen LogP contribution in [0.15, 0.2) is 18.2 Å². The lowest BCUT2D eigenvalue weighted by atomic mass is 10.1. The van der Waals surface area contributed by atoms with Gasteiger partial charge in [0.15, 0.2) is 0 Å². The van der Waals surface area contributed by atoms with Gasteiger partial charge in [-0.1, -0.05) is 6.07 Å². The van der Waals surface area contributed by atoms with Crippen LogP contribution >= 0.6 is 0 Å². The van der Waals surface area contributed by atoms with Crippen LogP contribution in [0.4, 0.5) is 13.2 Å². The van der Waals surface area contributed by atoms with E-state index in [1.165, 1.54) is 12.1 Å². The number of hydrogen-bond donors (Lipinski definition) is 1. The van der Waals surface area contributed by atoms with Crippen molar-refractivity contribution in [2.24, 2.45) is 5.73 Å². The summed E-state index contributed by atoms with van der Waals surface area (Å²) in [6, 6.07) is 4.30. The van der Waals surface area contributed by atoms with E-state index < -0.39 is 6.36 Å². The molecule has 0 aromatic heterocycles. The van der Waals surface area contributed by atoms with Crippen molar-refractivity contribution in [1.82, 2.24) is 0 Å². The highest BCUT2D eigenvalue weighted by Gasteiger charge is 2.31. The number of halogens is 3. The van der Waals surface area contributed by atoms with Crippen LogP contribution in [0.2, 0.25) is 0 Å². The zero-order valence-corrected chi connectivity index (χ0v) is 7.56. The van der Waals surface area contributed by atoms with E-state index in [0.29, 0.717) is 11.1 Å². The van der Waals surface area contributed by atoms with Crippen LogP contribution in [0.5, 0.6) is 5.75 Å². The van der Waals surface area contributed by atoms with Crippen LogP contribution in [-0.4, -0.2) is 6.36 Å². The van der Waals surface area contributed by atoms with Gasteiger partial charge in [-0.05, 0) is 30.2 Å². The standard InChI is InChI=1S/C9H10F3NO/c1-6-2-7(5-13)4-8(3-6)14-9(10,11)12/h2-4H,5,13H2,1H3. The molecule has 0 radical (unpaired) electrons. The molecule has 0 unspecified atom stereocenters. The van der Waals surface area contributed by atoms with Crippen molar-refractivity contribution in [2.75, 3.05) is 0 Å². The number of rotatable bonds is 2. The first-order valence-electron chi connectivity index (χ1n) is 3.97. The summed E-state index contributed by atoms with van der Waals surface area (Å²) >= 11 is 0. The fraction of sp³-hybridized carbons (Fsp3) is 0.333. The van der Waals surface area contributed by atoms with Crippen LogP contribution in [0.25, 0.3) is 0 Å². The van der Waals surface area contributed by atoms with Gasteiger partial charge in [0.05, 0.1) is 0 Å². The van der Waals surface area contributed by atoms with E-state index in [1.54, 1.807) is 13.0 Å². The van der Waals surface area contributed by atoms with Gasteiger partial charge in [0.2, 0.25) is 0 Å². The lowest BCUT2D eigenvalue weighted by Gasteiger charge is -2.10. The van der Waals surface area contributed by atoms with Crippen molar-refractivity contribution < 1.29 is 17.9 Å². The highest BCUT2D eigenvalue weighted by atomic mass is 19.4. The van der Waals surface area contributed by atoms with Gasteiger partial charge >= 0.3 is 6.36 Å². The Kier molecular flexibility index (Phi) is 3.00. The van der Waals surface area contributed by atoms with Gasteiger partial charge in [0.25, 0.3) is 0 Å². The number of hydrogen-bond acceptors (Lipinski definition) is 2. The summed E-state index contributed by atoms with van der Waals surface area (Å²) in [6.45, 7) is 1.87. The smallest absolute Gasteiger partial charge is 0.406 e. The highest BCUT2D eigenvalue weighted by Crippen LogP contribution is 2.24. The molecule has 14 heavy (non-hydrogen) atoms. The van der Waals surface area contributed by atoms with Gasteiger partial charge in [0, 0.05) is 6.54 Å². The normalized spacial score (nSPS) is 11.5. The molecule has 1 rings (SSSR count). The molecular weight excluding hydrogens is 195 g/mol. The number of benzene rings is 1. The second-order valence-corrected chi connectivity index (χ2v) is 2.91. The van der Waals surface area contributed by atoms with E-state index in [9.17, 15) is 13.2 Å². The molecule has 0 amide bonds. The predicted octanol–water partition coefficient (Wildman–Crippen LogP) is 2.35. The van der Waals surface area contributed by atoms with Gasteiger partial charge in [-0.25, -0.2) is 0 Å². The summed E-state index contributed by atoms with van der Waals surface area (Å²) in [7, 11) is 0. The van der Waals surface area contributed by atoms with Gasteiger partial charge in [-0.2, -0.15) is 0 Å². The fourth-order valence-electron chi connectivity index (χ4n) is 1.13. The minimum absolute atomic E-state index is 0.190. The van der Waals surface area contributed by atoms with Crippen LogP contribution in [-0.2, 0) is 6.54 Å². The average Bonchev–Trinajstić information content (AvgIpc) is 1.99. The monoisotopic (exact) mass is 205 g/mol. The minimum atomic E-state index is -4.65. The predicted molar refractivity (Wildman–Crippen MR) is 45.8 cm³/mol. The van der Waals surface area contributed by atoms with Crippen molar-refractivity contribution in [3.63, 3.8) is 0 Å². The summed E-state index contributed by atoms with van der Waals surface area (Å²) in [5.74, 6) is -0.224. The third kappa shape index (κ3) is 3.26. The number of alkyl halides is 3. The average molecular weight is 205 g/mol. The molecule has 0 heterocycles. The van der Waals surface area contributed by atoms with Crippen molar-refractivity contribution in [3.8, 4) is 5.75 Å². The van der Waals surface area contributed by atoms with E-state index in [4.69, 9.17) is 5.73 Å². The molecule has 5 heteroatoms. The molecule has 1 aromatic carbocycles. The van der Waals surface area contributed by atoms with Crippen LogP contribution in [0, 0.1) is 6.92 Å².